The molecule has 1 N–H and O–H groups in total. The number of hydrogen-bond acceptors (Lipinski definition) is 7. The molecule has 1 atom stereocenters. The molecule has 0 bridgehead atoms. The summed E-state index contributed by atoms with van der Waals surface area (Å²) in [6, 6.07) is 13.9. The lowest BCUT2D eigenvalue weighted by molar-refractivity contribution is -0.120. The van der Waals surface area contributed by atoms with Crippen LogP contribution in [-0.2, 0) is 14.3 Å². The summed E-state index contributed by atoms with van der Waals surface area (Å²) in [5.41, 5.74) is 1.22. The van der Waals surface area contributed by atoms with E-state index in [2.05, 4.69) is 11.4 Å². The second-order valence-electron chi connectivity index (χ2n) is 9.37. The van der Waals surface area contributed by atoms with Gasteiger partial charge in [0.15, 0.2) is 0 Å². The molecular weight excluding hydrogens is 534 g/mol. The highest BCUT2D eigenvalue weighted by atomic mass is 35.5. The van der Waals surface area contributed by atoms with Crippen molar-refractivity contribution in [2.24, 2.45) is 5.92 Å². The van der Waals surface area contributed by atoms with Crippen LogP contribution < -0.4 is 15.6 Å². The molecule has 2 heterocycles. The van der Waals surface area contributed by atoms with Crippen LogP contribution in [0.1, 0.15) is 48.1 Å². The Kier molecular flexibility index (Phi) is 9.59. The molecule has 2 aromatic carbocycles. The first kappa shape index (κ1) is 28.9. The van der Waals surface area contributed by atoms with Crippen molar-refractivity contribution in [1.82, 2.24) is 4.57 Å². The van der Waals surface area contributed by atoms with Crippen molar-refractivity contribution >= 4 is 29.2 Å². The SMILES string of the molecule is CCOC(=O)c1ccccc1NC(=O)C(CC1CCOCC1)n1cc(OC)c(-c2cc(Cl)ccc2C#N)cc1=O. The van der Waals surface area contributed by atoms with Crippen molar-refractivity contribution in [3.05, 3.63) is 81.2 Å². The van der Waals surface area contributed by atoms with Crippen molar-refractivity contribution in [3.63, 3.8) is 0 Å². The summed E-state index contributed by atoms with van der Waals surface area (Å²) in [6.45, 7) is 3.05. The summed E-state index contributed by atoms with van der Waals surface area (Å²) < 4.78 is 17.6. The van der Waals surface area contributed by atoms with Crippen LogP contribution in [-0.4, -0.2) is 43.4 Å². The predicted octanol–water partition coefficient (Wildman–Crippen LogP) is 5.22. The normalized spacial score (nSPS) is 14.2. The minimum Gasteiger partial charge on any atom is -0.495 e. The van der Waals surface area contributed by atoms with Gasteiger partial charge in [-0.15, -0.1) is 0 Å². The molecule has 1 amide bonds. The monoisotopic (exact) mass is 563 g/mol. The molecule has 0 spiro atoms. The second-order valence-corrected chi connectivity index (χ2v) is 9.80. The van der Waals surface area contributed by atoms with Gasteiger partial charge in [-0.3, -0.25) is 14.2 Å². The summed E-state index contributed by atoms with van der Waals surface area (Å²) in [6.07, 6.45) is 3.36. The summed E-state index contributed by atoms with van der Waals surface area (Å²) in [5, 5.41) is 12.9. The van der Waals surface area contributed by atoms with Gasteiger partial charge in [0.1, 0.15) is 11.8 Å². The molecule has 1 aliphatic rings. The first-order valence-corrected chi connectivity index (χ1v) is 13.4. The van der Waals surface area contributed by atoms with Crippen LogP contribution in [0.5, 0.6) is 5.75 Å². The average Bonchev–Trinajstić information content (AvgIpc) is 2.97. The number of carbonyl (C=O) groups excluding carboxylic acids is 2. The number of aromatic nitrogens is 1. The Morgan fingerprint density at radius 3 is 2.62 bits per heavy atom. The molecule has 1 aromatic heterocycles. The highest BCUT2D eigenvalue weighted by molar-refractivity contribution is 6.31. The summed E-state index contributed by atoms with van der Waals surface area (Å²) in [4.78, 5) is 39.9. The summed E-state index contributed by atoms with van der Waals surface area (Å²) >= 11 is 6.19. The maximum atomic E-state index is 13.8. The fourth-order valence-corrected chi connectivity index (χ4v) is 4.99. The van der Waals surface area contributed by atoms with E-state index in [0.29, 0.717) is 47.1 Å². The Morgan fingerprint density at radius 2 is 1.93 bits per heavy atom. The van der Waals surface area contributed by atoms with Crippen molar-refractivity contribution in [2.45, 2.75) is 32.2 Å². The third-order valence-corrected chi connectivity index (χ3v) is 7.11. The molecule has 0 saturated carbocycles. The lowest BCUT2D eigenvalue weighted by Crippen LogP contribution is -2.35. The molecule has 4 rings (SSSR count). The van der Waals surface area contributed by atoms with Gasteiger partial charge in [-0.2, -0.15) is 5.26 Å². The van der Waals surface area contributed by atoms with E-state index in [9.17, 15) is 19.6 Å². The van der Waals surface area contributed by atoms with Gasteiger partial charge in [0.2, 0.25) is 5.91 Å². The van der Waals surface area contributed by atoms with E-state index in [-0.39, 0.29) is 23.8 Å². The molecule has 1 fully saturated rings. The van der Waals surface area contributed by atoms with Gasteiger partial charge < -0.3 is 19.5 Å². The first-order chi connectivity index (χ1) is 19.4. The number of esters is 1. The fraction of sp³-hybridized carbons (Fsp3) is 0.333. The molecule has 3 aromatic rings. The number of benzene rings is 2. The average molecular weight is 564 g/mol. The van der Waals surface area contributed by atoms with Crippen LogP contribution in [0.4, 0.5) is 5.69 Å². The van der Waals surface area contributed by atoms with E-state index in [4.69, 9.17) is 25.8 Å². The van der Waals surface area contributed by atoms with Gasteiger partial charge in [-0.05, 0) is 62.4 Å². The maximum Gasteiger partial charge on any atom is 0.340 e. The minimum absolute atomic E-state index is 0.139. The van der Waals surface area contributed by atoms with Crippen LogP contribution in [0.25, 0.3) is 11.1 Å². The summed E-state index contributed by atoms with van der Waals surface area (Å²) in [5.74, 6) is -0.575. The predicted molar refractivity (Wildman–Crippen MR) is 151 cm³/mol. The van der Waals surface area contributed by atoms with Gasteiger partial charge in [-0.25, -0.2) is 4.79 Å². The van der Waals surface area contributed by atoms with Crippen LogP contribution in [0.15, 0.2) is 59.5 Å². The number of nitrogens with zero attached hydrogens (tertiary/aromatic N) is 2. The third kappa shape index (κ3) is 6.53. The Balaban J connectivity index is 1.77. The quantitative estimate of drug-likeness (QED) is 0.354. The number of nitrogens with one attached hydrogen (secondary N) is 1. The topological polar surface area (TPSA) is 120 Å². The van der Waals surface area contributed by atoms with E-state index in [1.807, 2.05) is 0 Å². The first-order valence-electron chi connectivity index (χ1n) is 13.0. The number of rotatable bonds is 9. The molecule has 0 aliphatic carbocycles. The van der Waals surface area contributed by atoms with Gasteiger partial charge in [0, 0.05) is 35.4 Å². The van der Waals surface area contributed by atoms with Crippen molar-refractivity contribution < 1.29 is 23.8 Å². The Hall–Kier alpha value is -4.13. The number of amides is 1. The third-order valence-electron chi connectivity index (χ3n) is 6.87. The van der Waals surface area contributed by atoms with E-state index in [1.165, 1.54) is 23.9 Å². The van der Waals surface area contributed by atoms with Crippen LogP contribution in [0.2, 0.25) is 5.02 Å². The lowest BCUT2D eigenvalue weighted by Gasteiger charge is -2.28. The van der Waals surface area contributed by atoms with Crippen LogP contribution in [0, 0.1) is 17.2 Å². The molecule has 10 heteroatoms. The van der Waals surface area contributed by atoms with E-state index >= 15 is 0 Å². The largest absolute Gasteiger partial charge is 0.495 e. The number of methoxy groups -OCH3 is 1. The number of hydrogen-bond donors (Lipinski definition) is 1. The molecule has 1 aliphatic heterocycles. The van der Waals surface area contributed by atoms with Crippen molar-refractivity contribution in [3.8, 4) is 22.9 Å². The minimum atomic E-state index is -0.913. The van der Waals surface area contributed by atoms with E-state index in [0.717, 1.165) is 12.8 Å². The molecular formula is C30H30ClN3O6. The second kappa shape index (κ2) is 13.3. The number of ether oxygens (including phenoxy) is 3. The summed E-state index contributed by atoms with van der Waals surface area (Å²) in [7, 11) is 1.45. The van der Waals surface area contributed by atoms with E-state index < -0.39 is 23.5 Å². The number of para-hydroxylation sites is 1. The lowest BCUT2D eigenvalue weighted by atomic mass is 9.91. The Labute approximate surface area is 237 Å². The highest BCUT2D eigenvalue weighted by Gasteiger charge is 2.29. The molecule has 9 nitrogen and oxygen atoms in total. The number of anilines is 1. The zero-order chi connectivity index (χ0) is 28.6. The van der Waals surface area contributed by atoms with Gasteiger partial charge in [0.05, 0.1) is 42.8 Å². The number of pyridine rings is 1. The molecule has 1 unspecified atom stereocenters. The number of halogens is 1. The van der Waals surface area contributed by atoms with Gasteiger partial charge >= 0.3 is 5.97 Å². The molecule has 0 radical (unpaired) electrons. The van der Waals surface area contributed by atoms with Crippen LogP contribution >= 0.6 is 11.6 Å². The van der Waals surface area contributed by atoms with E-state index in [1.54, 1.807) is 49.4 Å². The van der Waals surface area contributed by atoms with Gasteiger partial charge in [-0.1, -0.05) is 23.7 Å². The highest BCUT2D eigenvalue weighted by Crippen LogP contribution is 2.34. The zero-order valence-corrected chi connectivity index (χ0v) is 23.1. The van der Waals surface area contributed by atoms with Crippen molar-refractivity contribution in [1.29, 1.82) is 5.26 Å². The standard InChI is InChI=1S/C30H30ClN3O6/c1-3-40-30(37)22-6-4-5-7-25(22)33-29(36)26(14-19-10-12-39-13-11-19)34-18-27(38-2)24(16-28(34)35)23-15-21(31)9-8-20(23)17-32/h4-9,15-16,18-19,26H,3,10-14H2,1-2H3,(H,33,36). The Bertz CT molecular complexity index is 1490. The Morgan fingerprint density at radius 1 is 1.18 bits per heavy atom. The zero-order valence-electron chi connectivity index (χ0n) is 22.3. The molecule has 208 valence electrons. The molecule has 1 saturated heterocycles. The number of nitriles is 1. The van der Waals surface area contributed by atoms with Gasteiger partial charge in [0.25, 0.3) is 5.56 Å². The fourth-order valence-electron chi connectivity index (χ4n) is 4.82. The van der Waals surface area contributed by atoms with Crippen molar-refractivity contribution in [2.75, 3.05) is 32.2 Å². The number of carbonyl (C=O) groups is 2. The maximum absolute atomic E-state index is 13.8. The van der Waals surface area contributed by atoms with Crippen LogP contribution in [0.3, 0.4) is 0 Å². The smallest absolute Gasteiger partial charge is 0.340 e. The molecule has 40 heavy (non-hydrogen) atoms.